The summed E-state index contributed by atoms with van der Waals surface area (Å²) in [6.07, 6.45) is -5.08. The lowest BCUT2D eigenvalue weighted by Crippen LogP contribution is -2.60. The van der Waals surface area contributed by atoms with Crippen molar-refractivity contribution in [3.05, 3.63) is 30.5 Å². The number of carbonyl (C=O) groups excluding carboxylic acids is 4. The van der Waals surface area contributed by atoms with Gasteiger partial charge in [-0.1, -0.05) is 17.3 Å². The lowest BCUT2D eigenvalue weighted by molar-refractivity contribution is -0.270. The highest BCUT2D eigenvalue weighted by atomic mass is 32.2. The van der Waals surface area contributed by atoms with Gasteiger partial charge in [0.05, 0.1) is 11.1 Å². The first-order valence-electron chi connectivity index (χ1n) is 11.1. The number of hydrogen-bond donors (Lipinski definition) is 1. The summed E-state index contributed by atoms with van der Waals surface area (Å²) < 4.78 is 51.5. The molecule has 0 saturated carbocycles. The van der Waals surface area contributed by atoms with Crippen molar-refractivity contribution in [2.45, 2.75) is 63.2 Å². The maximum Gasteiger partial charge on any atom is 0.303 e. The van der Waals surface area contributed by atoms with Crippen LogP contribution in [0.2, 0.25) is 0 Å². The van der Waals surface area contributed by atoms with E-state index in [1.165, 1.54) is 35.1 Å². The van der Waals surface area contributed by atoms with E-state index in [0.717, 1.165) is 27.7 Å². The standard InChI is InChI=1S/C22H26N4O11S/c1-11(27)33-10-18-19(34-12(2)28)20(35-13(3)29)21(36-14(4)30)22(37-18)26-9-17(24-25-26)15-5-7-16(8-6-15)38(23,31)32/h5-9,18-22H,10H2,1-4H3,(H2,23,31,32)/t18-,19+,20+,21-,22-/m1/s1. The molecule has 1 aromatic heterocycles. The maximum atomic E-state index is 12.0. The average Bonchev–Trinajstić information content (AvgIpc) is 3.29. The minimum atomic E-state index is -3.90. The Bertz CT molecular complexity index is 1310. The predicted molar refractivity (Wildman–Crippen MR) is 124 cm³/mol. The van der Waals surface area contributed by atoms with Gasteiger partial charge in [0.25, 0.3) is 0 Å². The van der Waals surface area contributed by atoms with Gasteiger partial charge in [0, 0.05) is 33.3 Å². The van der Waals surface area contributed by atoms with Crippen molar-refractivity contribution in [3.63, 3.8) is 0 Å². The van der Waals surface area contributed by atoms with Crippen LogP contribution < -0.4 is 5.14 Å². The number of ether oxygens (including phenoxy) is 5. The van der Waals surface area contributed by atoms with Crippen LogP contribution in [0.1, 0.15) is 33.9 Å². The molecule has 1 fully saturated rings. The van der Waals surface area contributed by atoms with Gasteiger partial charge in [-0.25, -0.2) is 18.2 Å². The van der Waals surface area contributed by atoms with Crippen molar-refractivity contribution in [2.24, 2.45) is 5.14 Å². The van der Waals surface area contributed by atoms with Gasteiger partial charge < -0.3 is 23.7 Å². The molecule has 15 nitrogen and oxygen atoms in total. The Hall–Kier alpha value is -3.89. The quantitative estimate of drug-likeness (QED) is 0.333. The molecule has 1 aromatic carbocycles. The molecule has 0 radical (unpaired) electrons. The van der Waals surface area contributed by atoms with Crippen LogP contribution in [0.15, 0.2) is 35.4 Å². The lowest BCUT2D eigenvalue weighted by Gasteiger charge is -2.44. The van der Waals surface area contributed by atoms with E-state index in [0.29, 0.717) is 5.56 Å². The summed E-state index contributed by atoms with van der Waals surface area (Å²) in [6.45, 7) is 4.11. The molecule has 1 saturated heterocycles. The second-order valence-corrected chi connectivity index (χ2v) is 9.80. The fourth-order valence-corrected chi connectivity index (χ4v) is 4.28. The summed E-state index contributed by atoms with van der Waals surface area (Å²) in [6, 6.07) is 5.50. The second-order valence-electron chi connectivity index (χ2n) is 8.24. The number of esters is 4. The SMILES string of the molecule is CC(=O)OC[C@H]1O[C@@H](n2cc(-c3ccc(S(N)(=O)=O)cc3)nn2)[C@H](OC(C)=O)[C@@H](OC(C)=O)[C@H]1OC(C)=O. The van der Waals surface area contributed by atoms with Crippen LogP contribution in [0.25, 0.3) is 11.3 Å². The Morgan fingerprint density at radius 1 is 0.895 bits per heavy atom. The zero-order valence-corrected chi connectivity index (χ0v) is 21.6. The number of nitrogens with two attached hydrogens (primary N) is 1. The van der Waals surface area contributed by atoms with E-state index >= 15 is 0 Å². The summed E-state index contributed by atoms with van der Waals surface area (Å²) in [7, 11) is -3.90. The van der Waals surface area contributed by atoms with Crippen LogP contribution >= 0.6 is 0 Å². The highest BCUT2D eigenvalue weighted by Crippen LogP contribution is 2.35. The number of nitrogens with zero attached hydrogens (tertiary/aromatic N) is 3. The fraction of sp³-hybridized carbons (Fsp3) is 0.455. The van der Waals surface area contributed by atoms with Crippen LogP contribution in [0.3, 0.4) is 0 Å². The lowest BCUT2D eigenvalue weighted by atomic mass is 9.97. The predicted octanol–water partition coefficient (Wildman–Crippen LogP) is -0.152. The third-order valence-electron chi connectivity index (χ3n) is 5.22. The normalized spacial score (nSPS) is 23.2. The molecule has 206 valence electrons. The number of carbonyl (C=O) groups is 4. The van der Waals surface area contributed by atoms with Crippen molar-refractivity contribution in [2.75, 3.05) is 6.61 Å². The Balaban J connectivity index is 2.03. The fourth-order valence-electron chi connectivity index (χ4n) is 3.77. The zero-order chi connectivity index (χ0) is 28.2. The van der Waals surface area contributed by atoms with Crippen molar-refractivity contribution in [1.29, 1.82) is 0 Å². The number of rotatable bonds is 8. The Labute approximate surface area is 217 Å². The van der Waals surface area contributed by atoms with Crippen LogP contribution in [0.4, 0.5) is 0 Å². The van der Waals surface area contributed by atoms with Crippen LogP contribution in [-0.4, -0.2) is 78.3 Å². The van der Waals surface area contributed by atoms with Gasteiger partial charge >= 0.3 is 23.9 Å². The van der Waals surface area contributed by atoms with Gasteiger partial charge in [0.2, 0.25) is 10.0 Å². The molecule has 2 heterocycles. The monoisotopic (exact) mass is 554 g/mol. The van der Waals surface area contributed by atoms with Crippen LogP contribution in [0.5, 0.6) is 0 Å². The number of primary sulfonamides is 1. The van der Waals surface area contributed by atoms with E-state index in [2.05, 4.69) is 10.3 Å². The largest absolute Gasteiger partial charge is 0.463 e. The molecule has 2 aromatic rings. The minimum absolute atomic E-state index is 0.103. The minimum Gasteiger partial charge on any atom is -0.463 e. The van der Waals surface area contributed by atoms with Crippen molar-refractivity contribution in [3.8, 4) is 11.3 Å². The van der Waals surface area contributed by atoms with E-state index in [1.807, 2.05) is 0 Å². The highest BCUT2D eigenvalue weighted by Gasteiger charge is 2.53. The number of sulfonamides is 1. The topological polar surface area (TPSA) is 205 Å². The van der Waals surface area contributed by atoms with Gasteiger partial charge in [-0.15, -0.1) is 5.10 Å². The third kappa shape index (κ3) is 7.11. The molecule has 1 aliphatic heterocycles. The second kappa shape index (κ2) is 11.7. The summed E-state index contributed by atoms with van der Waals surface area (Å²) in [4.78, 5) is 47.2. The molecular formula is C22H26N4O11S. The Morgan fingerprint density at radius 3 is 1.97 bits per heavy atom. The van der Waals surface area contributed by atoms with E-state index in [9.17, 15) is 27.6 Å². The Morgan fingerprint density at radius 2 is 1.45 bits per heavy atom. The molecule has 1 aliphatic rings. The number of hydrogen-bond acceptors (Lipinski definition) is 13. The van der Waals surface area contributed by atoms with Gasteiger partial charge in [-0.05, 0) is 12.1 Å². The maximum absolute atomic E-state index is 12.0. The van der Waals surface area contributed by atoms with Crippen molar-refractivity contribution >= 4 is 33.9 Å². The first-order chi connectivity index (χ1) is 17.8. The first-order valence-corrected chi connectivity index (χ1v) is 12.7. The van der Waals surface area contributed by atoms with Crippen LogP contribution in [0, 0.1) is 0 Å². The summed E-state index contributed by atoms with van der Waals surface area (Å²) in [5, 5.41) is 13.2. The highest BCUT2D eigenvalue weighted by molar-refractivity contribution is 7.89. The van der Waals surface area contributed by atoms with E-state index in [4.69, 9.17) is 28.8 Å². The van der Waals surface area contributed by atoms with Crippen molar-refractivity contribution in [1.82, 2.24) is 15.0 Å². The van der Waals surface area contributed by atoms with E-state index in [-0.39, 0.29) is 10.6 Å². The van der Waals surface area contributed by atoms with Gasteiger partial charge in [0.1, 0.15) is 18.4 Å². The summed E-state index contributed by atoms with van der Waals surface area (Å²) >= 11 is 0. The third-order valence-corrected chi connectivity index (χ3v) is 6.15. The van der Waals surface area contributed by atoms with Gasteiger partial charge in [-0.3, -0.25) is 19.2 Å². The first kappa shape index (κ1) is 28.7. The molecule has 0 bridgehead atoms. The average molecular weight is 555 g/mol. The molecule has 2 N–H and O–H groups in total. The molecule has 0 spiro atoms. The van der Waals surface area contributed by atoms with E-state index < -0.39 is 71.2 Å². The number of benzene rings is 1. The van der Waals surface area contributed by atoms with E-state index in [1.54, 1.807) is 0 Å². The molecular weight excluding hydrogens is 528 g/mol. The smallest absolute Gasteiger partial charge is 0.303 e. The van der Waals surface area contributed by atoms with Crippen LogP contribution in [-0.2, 0) is 52.9 Å². The Kier molecular flexibility index (Phi) is 8.80. The molecule has 0 aliphatic carbocycles. The van der Waals surface area contributed by atoms with Gasteiger partial charge in [0.15, 0.2) is 24.5 Å². The summed E-state index contributed by atoms with van der Waals surface area (Å²) in [5.41, 5.74) is 0.744. The molecule has 0 unspecified atom stereocenters. The molecule has 38 heavy (non-hydrogen) atoms. The molecule has 3 rings (SSSR count). The van der Waals surface area contributed by atoms with Crippen molar-refractivity contribution < 1.29 is 51.3 Å². The zero-order valence-electron chi connectivity index (χ0n) is 20.8. The number of aromatic nitrogens is 3. The molecule has 0 amide bonds. The molecule has 5 atom stereocenters. The molecule has 16 heteroatoms. The summed E-state index contributed by atoms with van der Waals surface area (Å²) in [5.74, 6) is -2.94. The van der Waals surface area contributed by atoms with Gasteiger partial charge in [-0.2, -0.15) is 0 Å².